The molecule has 1 amide bonds. The van der Waals surface area contributed by atoms with E-state index in [1.807, 2.05) is 5.32 Å². The second-order valence-corrected chi connectivity index (χ2v) is 8.14. The number of carboxylic acids is 1. The van der Waals surface area contributed by atoms with Crippen LogP contribution in [0.15, 0.2) is 11.0 Å². The number of carboxylic acid groups (broad SMARTS) is 1. The quantitative estimate of drug-likeness (QED) is 0.480. The molecule has 0 bridgehead atoms. The Balaban J connectivity index is 1.82. The van der Waals surface area contributed by atoms with Gasteiger partial charge in [0, 0.05) is 31.4 Å². The highest BCUT2D eigenvalue weighted by Crippen LogP contribution is 2.42. The second-order valence-electron chi connectivity index (χ2n) is 8.14. The van der Waals surface area contributed by atoms with Crippen LogP contribution < -0.4 is 21.4 Å². The van der Waals surface area contributed by atoms with Crippen LogP contribution in [-0.4, -0.2) is 46.9 Å². The van der Waals surface area contributed by atoms with Gasteiger partial charge in [-0.2, -0.15) is 13.2 Å². The normalized spacial score (nSPS) is 18.9. The van der Waals surface area contributed by atoms with E-state index in [1.54, 1.807) is 11.5 Å². The number of nitrogens with one attached hydrogen (secondary N) is 1. The maximum absolute atomic E-state index is 15.4. The van der Waals surface area contributed by atoms with E-state index in [0.29, 0.717) is 11.1 Å². The Bertz CT molecular complexity index is 1200. The fourth-order valence-corrected chi connectivity index (χ4v) is 4.30. The van der Waals surface area contributed by atoms with Crippen molar-refractivity contribution in [2.24, 2.45) is 0 Å². The predicted octanol–water partition coefficient (Wildman–Crippen LogP) is 2.32. The molecule has 1 aromatic carbocycles. The summed E-state index contributed by atoms with van der Waals surface area (Å²) in [5.41, 5.74) is 4.70. The highest BCUT2D eigenvalue weighted by Gasteiger charge is 2.41. The minimum Gasteiger partial charge on any atom is -0.477 e. The van der Waals surface area contributed by atoms with Crippen molar-refractivity contribution in [3.05, 3.63) is 33.4 Å². The van der Waals surface area contributed by atoms with E-state index in [0.717, 1.165) is 12.8 Å². The number of hydrogen-bond acceptors (Lipinski definition) is 5. The summed E-state index contributed by atoms with van der Waals surface area (Å²) in [6, 6.07) is -0.912. The summed E-state index contributed by atoms with van der Waals surface area (Å²) in [4.78, 5) is 37.0. The number of alkyl halides is 3. The first-order chi connectivity index (χ1) is 14.9. The van der Waals surface area contributed by atoms with Crippen molar-refractivity contribution in [2.45, 2.75) is 44.4 Å². The smallest absolute Gasteiger partial charge is 0.471 e. The van der Waals surface area contributed by atoms with Gasteiger partial charge in [-0.15, -0.1) is 0 Å². The number of fused-ring (bicyclic) bond motifs is 1. The maximum Gasteiger partial charge on any atom is 0.471 e. The zero-order valence-electron chi connectivity index (χ0n) is 16.9. The van der Waals surface area contributed by atoms with E-state index in [-0.39, 0.29) is 36.6 Å². The lowest BCUT2D eigenvalue weighted by Crippen LogP contribution is -2.44. The number of carbonyl (C=O) groups is 2. The van der Waals surface area contributed by atoms with Gasteiger partial charge in [-0.1, -0.05) is 0 Å². The van der Waals surface area contributed by atoms with Crippen LogP contribution >= 0.6 is 0 Å². The summed E-state index contributed by atoms with van der Waals surface area (Å²) in [5, 5.41) is 11.1. The molecule has 1 aliphatic heterocycles. The van der Waals surface area contributed by atoms with E-state index in [1.165, 1.54) is 11.1 Å². The number of pyridine rings is 1. The topological polar surface area (TPSA) is 118 Å². The molecular formula is C20H20F4N4O4. The van der Waals surface area contributed by atoms with Crippen molar-refractivity contribution in [1.82, 2.24) is 9.88 Å². The Morgan fingerprint density at radius 3 is 2.47 bits per heavy atom. The molecule has 1 aliphatic carbocycles. The molecule has 0 spiro atoms. The summed E-state index contributed by atoms with van der Waals surface area (Å²) in [5.74, 6) is -4.46. The third kappa shape index (κ3) is 3.53. The standard InChI is InChI=1S/C20H20F4N4O4/c1-8-15-12(17(29)11(18(30)31)7-28(15)10-2-3-10)14(25)13(21)16(8)27-5-4-9(6-27)26-19(32)20(22,23)24/h7,9-10H,2-6,25H2,1H3,(H,26,32)(H,30,31)/t9-/m0/s1. The third-order valence-corrected chi connectivity index (χ3v) is 5.93. The molecule has 8 nitrogen and oxygen atoms in total. The van der Waals surface area contributed by atoms with Crippen LogP contribution in [0.1, 0.15) is 41.2 Å². The number of hydrogen-bond donors (Lipinski definition) is 3. The van der Waals surface area contributed by atoms with Crippen molar-refractivity contribution in [3.8, 4) is 0 Å². The number of aryl methyl sites for hydroxylation is 1. The number of aromatic carboxylic acids is 1. The molecule has 2 aliphatic rings. The molecular weight excluding hydrogens is 436 g/mol. The van der Waals surface area contributed by atoms with Crippen molar-refractivity contribution in [3.63, 3.8) is 0 Å². The molecule has 0 radical (unpaired) electrons. The Morgan fingerprint density at radius 2 is 1.91 bits per heavy atom. The minimum atomic E-state index is -5.02. The van der Waals surface area contributed by atoms with Crippen LogP contribution in [0.2, 0.25) is 0 Å². The molecule has 4 N–H and O–H groups in total. The van der Waals surface area contributed by atoms with Gasteiger partial charge in [0.15, 0.2) is 5.82 Å². The van der Waals surface area contributed by atoms with E-state index in [9.17, 15) is 32.7 Å². The van der Waals surface area contributed by atoms with Crippen LogP contribution in [0, 0.1) is 12.7 Å². The molecule has 1 atom stereocenters. The zero-order valence-corrected chi connectivity index (χ0v) is 16.9. The summed E-state index contributed by atoms with van der Waals surface area (Å²) in [6.45, 7) is 1.64. The molecule has 0 unspecified atom stereocenters. The van der Waals surface area contributed by atoms with Gasteiger partial charge in [0.1, 0.15) is 5.56 Å². The summed E-state index contributed by atoms with van der Waals surface area (Å²) >= 11 is 0. The Morgan fingerprint density at radius 1 is 1.25 bits per heavy atom. The monoisotopic (exact) mass is 456 g/mol. The van der Waals surface area contributed by atoms with Gasteiger partial charge in [0.25, 0.3) is 0 Å². The molecule has 1 aromatic heterocycles. The van der Waals surface area contributed by atoms with E-state index in [2.05, 4.69) is 0 Å². The van der Waals surface area contributed by atoms with Crippen LogP contribution in [0.3, 0.4) is 0 Å². The van der Waals surface area contributed by atoms with Gasteiger partial charge in [-0.3, -0.25) is 9.59 Å². The van der Waals surface area contributed by atoms with Crippen LogP contribution in [0.25, 0.3) is 10.9 Å². The van der Waals surface area contributed by atoms with Crippen LogP contribution in [0.4, 0.5) is 28.9 Å². The van der Waals surface area contributed by atoms with Gasteiger partial charge in [0.2, 0.25) is 5.43 Å². The molecule has 1 saturated heterocycles. The number of halogens is 4. The van der Waals surface area contributed by atoms with Crippen LogP contribution in [-0.2, 0) is 4.79 Å². The molecule has 172 valence electrons. The Kier molecular flexibility index (Phi) is 5.05. The minimum absolute atomic E-state index is 0.0237. The molecule has 4 rings (SSSR count). The number of nitrogen functional groups attached to an aromatic ring is 1. The number of rotatable bonds is 4. The lowest BCUT2D eigenvalue weighted by molar-refractivity contribution is -0.174. The highest BCUT2D eigenvalue weighted by molar-refractivity contribution is 6.01. The molecule has 32 heavy (non-hydrogen) atoms. The Hall–Kier alpha value is -3.31. The van der Waals surface area contributed by atoms with Crippen molar-refractivity contribution >= 4 is 34.2 Å². The third-order valence-electron chi connectivity index (χ3n) is 5.93. The second kappa shape index (κ2) is 7.38. The first-order valence-electron chi connectivity index (χ1n) is 9.94. The first kappa shape index (κ1) is 21.9. The summed E-state index contributed by atoms with van der Waals surface area (Å²) < 4.78 is 54.6. The number of aromatic nitrogens is 1. The van der Waals surface area contributed by atoms with Crippen molar-refractivity contribution in [2.75, 3.05) is 23.7 Å². The number of nitrogens with zero attached hydrogens (tertiary/aromatic N) is 2. The molecule has 1 saturated carbocycles. The largest absolute Gasteiger partial charge is 0.477 e. The fourth-order valence-electron chi connectivity index (χ4n) is 4.30. The van der Waals surface area contributed by atoms with Crippen molar-refractivity contribution in [1.29, 1.82) is 0 Å². The average Bonchev–Trinajstić information content (AvgIpc) is 3.45. The van der Waals surface area contributed by atoms with E-state index < -0.39 is 46.6 Å². The Labute approximate surface area is 178 Å². The number of carbonyl (C=O) groups excluding carboxylic acids is 1. The molecule has 2 heterocycles. The molecule has 12 heteroatoms. The number of nitrogens with two attached hydrogens (primary N) is 1. The van der Waals surface area contributed by atoms with Gasteiger partial charge in [0.05, 0.1) is 22.3 Å². The highest BCUT2D eigenvalue weighted by atomic mass is 19.4. The number of anilines is 2. The van der Waals surface area contributed by atoms with Crippen molar-refractivity contribution < 1.29 is 32.3 Å². The van der Waals surface area contributed by atoms with Gasteiger partial charge in [-0.25, -0.2) is 9.18 Å². The maximum atomic E-state index is 15.4. The van der Waals surface area contributed by atoms with E-state index >= 15 is 4.39 Å². The van der Waals surface area contributed by atoms with E-state index in [4.69, 9.17) is 5.73 Å². The lowest BCUT2D eigenvalue weighted by atomic mass is 10.0. The van der Waals surface area contributed by atoms with Gasteiger partial charge in [-0.05, 0) is 31.7 Å². The zero-order chi connectivity index (χ0) is 23.5. The summed E-state index contributed by atoms with van der Waals surface area (Å²) in [7, 11) is 0. The van der Waals surface area contributed by atoms with Gasteiger partial charge >= 0.3 is 18.1 Å². The SMILES string of the molecule is Cc1c(N2CC[C@H](NC(=O)C(F)(F)F)C2)c(F)c(N)c2c(=O)c(C(=O)O)cn(C3CC3)c12. The molecule has 2 aromatic rings. The first-order valence-corrected chi connectivity index (χ1v) is 9.94. The van der Waals surface area contributed by atoms with Crippen LogP contribution in [0.5, 0.6) is 0 Å². The van der Waals surface area contributed by atoms with Gasteiger partial charge < -0.3 is 25.6 Å². The predicted molar refractivity (Wildman–Crippen MR) is 107 cm³/mol. The summed E-state index contributed by atoms with van der Waals surface area (Å²) in [6.07, 6.45) is -2.14. The lowest BCUT2D eigenvalue weighted by Gasteiger charge is -2.25. The average molecular weight is 456 g/mol. The molecule has 2 fully saturated rings. The number of benzene rings is 1. The fraction of sp³-hybridized carbons (Fsp3) is 0.450. The number of amides is 1.